The van der Waals surface area contributed by atoms with Crippen molar-refractivity contribution in [2.24, 2.45) is 0 Å². The molecule has 26 heavy (non-hydrogen) atoms. The quantitative estimate of drug-likeness (QED) is 0.748. The Labute approximate surface area is 152 Å². The molecule has 1 aromatic carbocycles. The van der Waals surface area contributed by atoms with Crippen molar-refractivity contribution < 1.29 is 0 Å². The van der Waals surface area contributed by atoms with Crippen LogP contribution in [0.5, 0.6) is 0 Å². The van der Waals surface area contributed by atoms with Crippen LogP contribution in [0.3, 0.4) is 0 Å². The van der Waals surface area contributed by atoms with Crippen molar-refractivity contribution in [1.82, 2.24) is 15.0 Å². The molecule has 0 amide bonds. The third-order valence-corrected chi connectivity index (χ3v) is 4.64. The van der Waals surface area contributed by atoms with E-state index in [9.17, 15) is 0 Å². The minimum Gasteiger partial charge on any atom is -0.382 e. The van der Waals surface area contributed by atoms with Crippen LogP contribution in [0, 0.1) is 0 Å². The number of anilines is 4. The van der Waals surface area contributed by atoms with E-state index in [-0.39, 0.29) is 5.95 Å². The number of nitrogens with two attached hydrogens (primary N) is 2. The lowest BCUT2D eigenvalue weighted by atomic mass is 10.1. The van der Waals surface area contributed by atoms with Gasteiger partial charge in [-0.2, -0.15) is 4.98 Å². The molecule has 3 heterocycles. The SMILES string of the molecule is Nc1ncc(N2CCN(c3cccc(-c4cccnc4)c3)CC2)c(N)n1. The van der Waals surface area contributed by atoms with Gasteiger partial charge in [0.25, 0.3) is 0 Å². The number of hydrogen-bond acceptors (Lipinski definition) is 7. The van der Waals surface area contributed by atoms with Crippen LogP contribution in [0.2, 0.25) is 0 Å². The van der Waals surface area contributed by atoms with E-state index in [0.29, 0.717) is 5.82 Å². The van der Waals surface area contributed by atoms with E-state index >= 15 is 0 Å². The van der Waals surface area contributed by atoms with Gasteiger partial charge in [-0.3, -0.25) is 4.98 Å². The number of pyridine rings is 1. The minimum absolute atomic E-state index is 0.206. The van der Waals surface area contributed by atoms with Crippen molar-refractivity contribution in [3.05, 3.63) is 55.0 Å². The van der Waals surface area contributed by atoms with Gasteiger partial charge in [-0.25, -0.2) is 4.98 Å². The lowest BCUT2D eigenvalue weighted by molar-refractivity contribution is 0.652. The van der Waals surface area contributed by atoms with Crippen LogP contribution < -0.4 is 21.3 Å². The van der Waals surface area contributed by atoms with Gasteiger partial charge in [0.15, 0.2) is 5.82 Å². The summed E-state index contributed by atoms with van der Waals surface area (Å²) in [5.41, 5.74) is 15.9. The normalized spacial score (nSPS) is 14.5. The lowest BCUT2D eigenvalue weighted by Crippen LogP contribution is -2.46. The number of rotatable bonds is 3. The predicted octanol–water partition coefficient (Wildman–Crippen LogP) is 2.03. The third kappa shape index (κ3) is 3.23. The smallest absolute Gasteiger partial charge is 0.222 e. The molecule has 0 unspecified atom stereocenters. The minimum atomic E-state index is 0.206. The van der Waals surface area contributed by atoms with Gasteiger partial charge in [0, 0.05) is 49.8 Å². The summed E-state index contributed by atoms with van der Waals surface area (Å²) in [6.07, 6.45) is 5.39. The average Bonchev–Trinajstić information content (AvgIpc) is 2.69. The van der Waals surface area contributed by atoms with E-state index in [4.69, 9.17) is 11.5 Å². The highest BCUT2D eigenvalue weighted by Gasteiger charge is 2.20. The van der Waals surface area contributed by atoms with Crippen molar-refractivity contribution >= 4 is 23.1 Å². The van der Waals surface area contributed by atoms with Crippen molar-refractivity contribution in [1.29, 1.82) is 0 Å². The molecule has 7 heteroatoms. The Kier molecular flexibility index (Phi) is 4.27. The maximum atomic E-state index is 5.99. The molecule has 1 saturated heterocycles. The fraction of sp³-hybridized carbons (Fsp3) is 0.211. The zero-order chi connectivity index (χ0) is 17.9. The molecule has 4 rings (SSSR count). The van der Waals surface area contributed by atoms with Crippen molar-refractivity contribution in [3.63, 3.8) is 0 Å². The van der Waals surface area contributed by atoms with Crippen molar-refractivity contribution in [2.75, 3.05) is 47.4 Å². The highest BCUT2D eigenvalue weighted by Crippen LogP contribution is 2.27. The van der Waals surface area contributed by atoms with E-state index in [1.165, 1.54) is 11.3 Å². The van der Waals surface area contributed by atoms with Crippen LogP contribution in [0.1, 0.15) is 0 Å². The van der Waals surface area contributed by atoms with E-state index in [2.05, 4.69) is 55.1 Å². The number of hydrogen-bond donors (Lipinski definition) is 2. The van der Waals surface area contributed by atoms with E-state index < -0.39 is 0 Å². The fourth-order valence-corrected chi connectivity index (χ4v) is 3.27. The molecule has 0 saturated carbocycles. The maximum absolute atomic E-state index is 5.99. The molecule has 2 aromatic heterocycles. The standard InChI is InChI=1S/C19H21N7/c20-18-17(13-23-19(21)24-18)26-9-7-25(8-10-26)16-5-1-3-14(11-16)15-4-2-6-22-12-15/h1-6,11-13H,7-10H2,(H4,20,21,23,24). The summed E-state index contributed by atoms with van der Waals surface area (Å²) >= 11 is 0. The van der Waals surface area contributed by atoms with Gasteiger partial charge in [0.2, 0.25) is 5.95 Å². The Hall–Kier alpha value is -3.35. The maximum Gasteiger partial charge on any atom is 0.222 e. The highest BCUT2D eigenvalue weighted by atomic mass is 15.3. The van der Waals surface area contributed by atoms with Gasteiger partial charge < -0.3 is 21.3 Å². The third-order valence-electron chi connectivity index (χ3n) is 4.64. The number of nitrogens with zero attached hydrogens (tertiary/aromatic N) is 5. The van der Waals surface area contributed by atoms with Crippen LogP contribution in [-0.2, 0) is 0 Å². The summed E-state index contributed by atoms with van der Waals surface area (Å²) in [6.45, 7) is 3.52. The second kappa shape index (κ2) is 6.87. The molecule has 1 aliphatic rings. The van der Waals surface area contributed by atoms with Gasteiger partial charge >= 0.3 is 0 Å². The molecule has 4 N–H and O–H groups in total. The summed E-state index contributed by atoms with van der Waals surface area (Å²) in [4.78, 5) is 16.9. The lowest BCUT2D eigenvalue weighted by Gasteiger charge is -2.37. The summed E-state index contributed by atoms with van der Waals surface area (Å²) in [6, 6.07) is 12.6. The Bertz CT molecular complexity index is 889. The Morgan fingerprint density at radius 2 is 1.62 bits per heavy atom. The molecule has 3 aromatic rings. The van der Waals surface area contributed by atoms with Gasteiger partial charge in [-0.05, 0) is 23.8 Å². The Morgan fingerprint density at radius 1 is 0.846 bits per heavy atom. The number of aromatic nitrogens is 3. The van der Waals surface area contributed by atoms with E-state index in [0.717, 1.165) is 37.4 Å². The van der Waals surface area contributed by atoms with Crippen LogP contribution in [0.15, 0.2) is 55.0 Å². The topological polar surface area (TPSA) is 97.2 Å². The molecule has 0 atom stereocenters. The predicted molar refractivity (Wildman–Crippen MR) is 105 cm³/mol. The van der Waals surface area contributed by atoms with E-state index in [1.54, 1.807) is 12.4 Å². The first kappa shape index (κ1) is 16.1. The molecular formula is C19H21N7. The summed E-state index contributed by atoms with van der Waals surface area (Å²) in [7, 11) is 0. The van der Waals surface area contributed by atoms with Gasteiger partial charge in [0.05, 0.1) is 11.9 Å². The molecule has 7 nitrogen and oxygen atoms in total. The zero-order valence-corrected chi connectivity index (χ0v) is 14.4. The molecule has 1 fully saturated rings. The summed E-state index contributed by atoms with van der Waals surface area (Å²) in [5, 5.41) is 0. The summed E-state index contributed by atoms with van der Waals surface area (Å²) in [5.74, 6) is 0.640. The first-order valence-electron chi connectivity index (χ1n) is 8.59. The van der Waals surface area contributed by atoms with Crippen LogP contribution in [0.25, 0.3) is 11.1 Å². The first-order valence-corrected chi connectivity index (χ1v) is 8.59. The molecular weight excluding hydrogens is 326 g/mol. The largest absolute Gasteiger partial charge is 0.382 e. The fourth-order valence-electron chi connectivity index (χ4n) is 3.27. The Morgan fingerprint density at radius 3 is 2.35 bits per heavy atom. The number of piperazine rings is 1. The van der Waals surface area contributed by atoms with Gasteiger partial charge in [-0.15, -0.1) is 0 Å². The average molecular weight is 347 g/mol. The second-order valence-electron chi connectivity index (χ2n) is 6.26. The molecule has 132 valence electrons. The van der Waals surface area contributed by atoms with Gasteiger partial charge in [-0.1, -0.05) is 18.2 Å². The molecule has 0 spiro atoms. The first-order chi connectivity index (χ1) is 12.7. The zero-order valence-electron chi connectivity index (χ0n) is 14.4. The monoisotopic (exact) mass is 347 g/mol. The van der Waals surface area contributed by atoms with Gasteiger partial charge in [0.1, 0.15) is 0 Å². The molecule has 0 bridgehead atoms. The second-order valence-corrected chi connectivity index (χ2v) is 6.26. The number of nitrogen functional groups attached to an aromatic ring is 2. The van der Waals surface area contributed by atoms with Crippen LogP contribution in [0.4, 0.5) is 23.1 Å². The molecule has 1 aliphatic heterocycles. The van der Waals surface area contributed by atoms with Crippen LogP contribution >= 0.6 is 0 Å². The highest BCUT2D eigenvalue weighted by molar-refractivity contribution is 5.69. The Balaban J connectivity index is 1.48. The van der Waals surface area contributed by atoms with Crippen molar-refractivity contribution in [3.8, 4) is 11.1 Å². The number of benzene rings is 1. The van der Waals surface area contributed by atoms with Crippen LogP contribution in [-0.4, -0.2) is 41.1 Å². The molecule has 0 radical (unpaired) electrons. The van der Waals surface area contributed by atoms with E-state index in [1.807, 2.05) is 12.3 Å². The summed E-state index contributed by atoms with van der Waals surface area (Å²) < 4.78 is 0. The molecule has 0 aliphatic carbocycles. The van der Waals surface area contributed by atoms with Crippen molar-refractivity contribution in [2.45, 2.75) is 0 Å².